The Balaban J connectivity index is 2.03. The molecule has 0 N–H and O–H groups in total. The van der Waals surface area contributed by atoms with Crippen LogP contribution in [0.1, 0.15) is 18.3 Å². The van der Waals surface area contributed by atoms with Crippen LogP contribution in [0.15, 0.2) is 36.5 Å². The predicted octanol–water partition coefficient (Wildman–Crippen LogP) is 3.12. The molecule has 0 saturated carbocycles. The van der Waals surface area contributed by atoms with Crippen molar-refractivity contribution in [3.63, 3.8) is 0 Å². The van der Waals surface area contributed by atoms with E-state index in [-0.39, 0.29) is 10.6 Å². The zero-order valence-electron chi connectivity index (χ0n) is 12.0. The van der Waals surface area contributed by atoms with Gasteiger partial charge in [0.1, 0.15) is 0 Å². The van der Waals surface area contributed by atoms with Crippen LogP contribution in [-0.4, -0.2) is 19.3 Å². The second-order valence-electron chi connectivity index (χ2n) is 5.04. The lowest BCUT2D eigenvalue weighted by molar-refractivity contribution is -0.384. The largest absolute Gasteiger partial charge is 0.341 e. The summed E-state index contributed by atoms with van der Waals surface area (Å²) in [6.45, 7) is 5.48. The van der Waals surface area contributed by atoms with Crippen molar-refractivity contribution in [1.82, 2.24) is 14.3 Å². The lowest BCUT2D eigenvalue weighted by Gasteiger charge is -2.07. The molecule has 2 aromatic heterocycles. The number of hydrogen-bond donors (Lipinski definition) is 0. The van der Waals surface area contributed by atoms with Gasteiger partial charge in [0, 0.05) is 30.3 Å². The first kappa shape index (κ1) is 13.4. The van der Waals surface area contributed by atoms with Gasteiger partial charge < -0.3 is 4.57 Å². The fourth-order valence-electron chi connectivity index (χ4n) is 2.60. The molecule has 0 bridgehead atoms. The quantitative estimate of drug-likeness (QED) is 0.546. The van der Waals surface area contributed by atoms with Crippen LogP contribution in [0.3, 0.4) is 0 Å². The molecular weight excluding hydrogens is 268 g/mol. The number of fused-ring (bicyclic) bond motifs is 1. The number of nitro benzene ring substituents is 1. The normalized spacial score (nSPS) is 11.1. The van der Waals surface area contributed by atoms with Crippen LogP contribution < -0.4 is 0 Å². The highest BCUT2D eigenvalue weighted by molar-refractivity contribution is 5.82. The summed E-state index contributed by atoms with van der Waals surface area (Å²) >= 11 is 0. The van der Waals surface area contributed by atoms with E-state index >= 15 is 0 Å². The molecule has 1 aromatic carbocycles. The highest BCUT2D eigenvalue weighted by Gasteiger charge is 2.11. The average molecular weight is 284 g/mol. The third-order valence-electron chi connectivity index (χ3n) is 3.59. The molecule has 0 aliphatic heterocycles. The van der Waals surface area contributed by atoms with Gasteiger partial charge in [-0.15, -0.1) is 0 Å². The van der Waals surface area contributed by atoms with E-state index in [0.717, 1.165) is 28.8 Å². The van der Waals surface area contributed by atoms with E-state index in [1.807, 2.05) is 34.5 Å². The maximum atomic E-state index is 10.9. The summed E-state index contributed by atoms with van der Waals surface area (Å²) in [5.74, 6) is 0. The number of aryl methyl sites for hydroxylation is 2. The first-order chi connectivity index (χ1) is 10.1. The molecule has 3 aromatic rings. The summed E-state index contributed by atoms with van der Waals surface area (Å²) in [6, 6.07) is 8.96. The molecular formula is C15H16N4O2. The standard InChI is InChI=1S/C15H16N4O2/c1-3-18-14(8-11(2)16-18)10-17-7-6-12-4-5-13(19(20)21)9-15(12)17/h4-9H,3,10H2,1-2H3. The van der Waals surface area contributed by atoms with Gasteiger partial charge in [-0.1, -0.05) is 0 Å². The summed E-state index contributed by atoms with van der Waals surface area (Å²) in [5, 5.41) is 16.4. The molecule has 21 heavy (non-hydrogen) atoms. The molecule has 108 valence electrons. The number of hydrogen-bond acceptors (Lipinski definition) is 3. The van der Waals surface area contributed by atoms with Crippen LogP contribution in [0.4, 0.5) is 5.69 Å². The second kappa shape index (κ2) is 5.05. The van der Waals surface area contributed by atoms with Gasteiger partial charge in [0.25, 0.3) is 5.69 Å². The van der Waals surface area contributed by atoms with E-state index in [4.69, 9.17) is 0 Å². The first-order valence-corrected chi connectivity index (χ1v) is 6.85. The number of non-ortho nitro benzene ring substituents is 1. The molecule has 0 radical (unpaired) electrons. The van der Waals surface area contributed by atoms with Gasteiger partial charge in [-0.05, 0) is 32.0 Å². The number of aromatic nitrogens is 3. The van der Waals surface area contributed by atoms with E-state index in [0.29, 0.717) is 6.54 Å². The first-order valence-electron chi connectivity index (χ1n) is 6.85. The molecule has 0 aliphatic rings. The monoisotopic (exact) mass is 284 g/mol. The predicted molar refractivity (Wildman–Crippen MR) is 80.3 cm³/mol. The SMILES string of the molecule is CCn1nc(C)cc1Cn1ccc2ccc([N+](=O)[O-])cc21. The summed E-state index contributed by atoms with van der Waals surface area (Å²) in [5.41, 5.74) is 3.06. The van der Waals surface area contributed by atoms with E-state index < -0.39 is 0 Å². The number of benzene rings is 1. The number of rotatable bonds is 4. The van der Waals surface area contributed by atoms with Gasteiger partial charge in [0.15, 0.2) is 0 Å². The molecule has 6 heteroatoms. The van der Waals surface area contributed by atoms with Crippen molar-refractivity contribution in [2.45, 2.75) is 26.9 Å². The van der Waals surface area contributed by atoms with Gasteiger partial charge in [-0.25, -0.2) is 0 Å². The molecule has 0 saturated heterocycles. The third kappa shape index (κ3) is 2.40. The molecule has 0 aliphatic carbocycles. The Morgan fingerprint density at radius 3 is 2.81 bits per heavy atom. The van der Waals surface area contributed by atoms with Crippen molar-refractivity contribution >= 4 is 16.6 Å². The molecule has 0 unspecified atom stereocenters. The summed E-state index contributed by atoms with van der Waals surface area (Å²) < 4.78 is 3.98. The highest BCUT2D eigenvalue weighted by Crippen LogP contribution is 2.23. The molecule has 2 heterocycles. The molecule has 3 rings (SSSR count). The maximum Gasteiger partial charge on any atom is 0.271 e. The van der Waals surface area contributed by atoms with Crippen LogP contribution in [0.2, 0.25) is 0 Å². The van der Waals surface area contributed by atoms with Gasteiger partial charge in [-0.2, -0.15) is 5.10 Å². The Morgan fingerprint density at radius 1 is 1.29 bits per heavy atom. The van der Waals surface area contributed by atoms with Crippen molar-refractivity contribution in [1.29, 1.82) is 0 Å². The number of nitrogens with zero attached hydrogens (tertiary/aromatic N) is 4. The zero-order valence-corrected chi connectivity index (χ0v) is 12.0. The second-order valence-corrected chi connectivity index (χ2v) is 5.04. The van der Waals surface area contributed by atoms with Crippen LogP contribution in [0.25, 0.3) is 10.9 Å². The molecule has 0 fully saturated rings. The maximum absolute atomic E-state index is 10.9. The number of nitro groups is 1. The average Bonchev–Trinajstić information content (AvgIpc) is 3.02. The van der Waals surface area contributed by atoms with Crippen molar-refractivity contribution in [3.8, 4) is 0 Å². The summed E-state index contributed by atoms with van der Waals surface area (Å²) in [4.78, 5) is 10.6. The summed E-state index contributed by atoms with van der Waals surface area (Å²) in [6.07, 6.45) is 1.96. The minimum absolute atomic E-state index is 0.114. The minimum atomic E-state index is -0.364. The zero-order chi connectivity index (χ0) is 15.0. The fourth-order valence-corrected chi connectivity index (χ4v) is 2.60. The van der Waals surface area contributed by atoms with Crippen LogP contribution in [-0.2, 0) is 13.1 Å². The van der Waals surface area contributed by atoms with Crippen molar-refractivity contribution in [3.05, 3.63) is 58.0 Å². The lowest BCUT2D eigenvalue weighted by atomic mass is 10.2. The molecule has 0 atom stereocenters. The Kier molecular flexibility index (Phi) is 3.21. The van der Waals surface area contributed by atoms with Gasteiger partial charge in [0.05, 0.1) is 28.4 Å². The fraction of sp³-hybridized carbons (Fsp3) is 0.267. The third-order valence-corrected chi connectivity index (χ3v) is 3.59. The highest BCUT2D eigenvalue weighted by atomic mass is 16.6. The van der Waals surface area contributed by atoms with Crippen LogP contribution >= 0.6 is 0 Å². The lowest BCUT2D eigenvalue weighted by Crippen LogP contribution is -2.07. The smallest absolute Gasteiger partial charge is 0.271 e. The topological polar surface area (TPSA) is 65.9 Å². The van der Waals surface area contributed by atoms with Crippen LogP contribution in [0.5, 0.6) is 0 Å². The van der Waals surface area contributed by atoms with Gasteiger partial charge >= 0.3 is 0 Å². The molecule has 0 amide bonds. The Hall–Kier alpha value is -2.63. The van der Waals surface area contributed by atoms with E-state index in [1.54, 1.807) is 12.1 Å². The van der Waals surface area contributed by atoms with Gasteiger partial charge in [-0.3, -0.25) is 14.8 Å². The molecule has 0 spiro atoms. The minimum Gasteiger partial charge on any atom is -0.341 e. The van der Waals surface area contributed by atoms with E-state index in [2.05, 4.69) is 12.0 Å². The summed E-state index contributed by atoms with van der Waals surface area (Å²) in [7, 11) is 0. The van der Waals surface area contributed by atoms with Crippen molar-refractivity contribution < 1.29 is 4.92 Å². The van der Waals surface area contributed by atoms with Crippen molar-refractivity contribution in [2.24, 2.45) is 0 Å². The van der Waals surface area contributed by atoms with Crippen LogP contribution in [0, 0.1) is 17.0 Å². The van der Waals surface area contributed by atoms with E-state index in [1.165, 1.54) is 6.07 Å². The molecule has 6 nitrogen and oxygen atoms in total. The Bertz CT molecular complexity index is 816. The van der Waals surface area contributed by atoms with Gasteiger partial charge in [0.2, 0.25) is 0 Å². The van der Waals surface area contributed by atoms with E-state index in [9.17, 15) is 10.1 Å². The Labute approximate surface area is 121 Å². The van der Waals surface area contributed by atoms with Crippen molar-refractivity contribution in [2.75, 3.05) is 0 Å². The Morgan fingerprint density at radius 2 is 2.10 bits per heavy atom.